The molecule has 1 saturated carbocycles. The molecule has 172 valence electrons. The van der Waals surface area contributed by atoms with Crippen molar-refractivity contribution in [2.24, 2.45) is 5.92 Å². The number of carboxylic acids is 1. The van der Waals surface area contributed by atoms with Gasteiger partial charge in [0.15, 0.2) is 0 Å². The van der Waals surface area contributed by atoms with Crippen molar-refractivity contribution in [2.75, 3.05) is 13.1 Å². The average Bonchev–Trinajstić information content (AvgIpc) is 3.49. The van der Waals surface area contributed by atoms with E-state index in [4.69, 9.17) is 9.52 Å². The molecule has 1 aromatic heterocycles. The monoisotopic (exact) mass is 459 g/mol. The van der Waals surface area contributed by atoms with Gasteiger partial charge in [-0.25, -0.2) is 8.78 Å². The fourth-order valence-corrected chi connectivity index (χ4v) is 5.09. The van der Waals surface area contributed by atoms with Crippen molar-refractivity contribution in [3.8, 4) is 11.3 Å². The minimum Gasteiger partial charge on any atom is -0.481 e. The molecule has 0 radical (unpaired) electrons. The zero-order valence-electron chi connectivity index (χ0n) is 18.4. The van der Waals surface area contributed by atoms with Crippen LogP contribution in [0.1, 0.15) is 29.5 Å². The van der Waals surface area contributed by atoms with Gasteiger partial charge < -0.3 is 9.52 Å². The fourth-order valence-electron chi connectivity index (χ4n) is 5.09. The molecule has 4 nitrogen and oxygen atoms in total. The van der Waals surface area contributed by atoms with Crippen molar-refractivity contribution in [1.29, 1.82) is 0 Å². The predicted molar refractivity (Wildman–Crippen MR) is 124 cm³/mol. The Bertz CT molecular complexity index is 1420. The summed E-state index contributed by atoms with van der Waals surface area (Å²) in [6.07, 6.45) is 1.91. The first-order valence-corrected chi connectivity index (χ1v) is 11.5. The summed E-state index contributed by atoms with van der Waals surface area (Å²) in [4.78, 5) is 13.0. The van der Waals surface area contributed by atoms with E-state index in [1.807, 2.05) is 35.2 Å². The van der Waals surface area contributed by atoms with Crippen molar-refractivity contribution in [3.63, 3.8) is 0 Å². The molecule has 0 spiro atoms. The molecule has 2 fully saturated rings. The number of benzene rings is 3. The van der Waals surface area contributed by atoms with Gasteiger partial charge in [-0.2, -0.15) is 0 Å². The van der Waals surface area contributed by atoms with Gasteiger partial charge in [0.25, 0.3) is 0 Å². The van der Waals surface area contributed by atoms with E-state index >= 15 is 0 Å². The van der Waals surface area contributed by atoms with Gasteiger partial charge in [-0.1, -0.05) is 30.3 Å². The number of likely N-dealkylation sites (tertiary alicyclic amines) is 1. The van der Waals surface area contributed by atoms with Crippen LogP contribution in [0.5, 0.6) is 0 Å². The topological polar surface area (TPSA) is 53.7 Å². The Kier molecular flexibility index (Phi) is 4.81. The van der Waals surface area contributed by atoms with Gasteiger partial charge in [0, 0.05) is 30.4 Å². The zero-order valence-corrected chi connectivity index (χ0v) is 18.4. The Balaban J connectivity index is 1.25. The van der Waals surface area contributed by atoms with Gasteiger partial charge in [-0.15, -0.1) is 0 Å². The number of fused-ring (bicyclic) bond motifs is 1. The molecule has 1 N–H and O–H groups in total. The van der Waals surface area contributed by atoms with Crippen LogP contribution in [0.4, 0.5) is 8.78 Å². The molecule has 0 unspecified atom stereocenters. The molecule has 0 amide bonds. The highest BCUT2D eigenvalue weighted by molar-refractivity contribution is 5.84. The standard InChI is InChI=1S/C28H23F2NO3/c29-22-3-1-2-20(12-22)28(8-9-28)21-6-5-18-11-26(34-25(18)13-21)23-7-4-17(10-24(23)30)14-31-15-19(16-31)27(32)33/h1-7,10-13,19H,8-9,14-16H2,(H,32,33). The third-order valence-corrected chi connectivity index (χ3v) is 7.21. The van der Waals surface area contributed by atoms with E-state index in [0.717, 1.165) is 34.9 Å². The molecular formula is C28H23F2NO3. The molecule has 2 aliphatic rings. The Hall–Kier alpha value is -3.51. The molecule has 0 bridgehead atoms. The van der Waals surface area contributed by atoms with E-state index in [9.17, 15) is 13.6 Å². The second-order valence-electron chi connectivity index (χ2n) is 9.50. The van der Waals surface area contributed by atoms with Crippen LogP contribution in [-0.4, -0.2) is 29.1 Å². The first kappa shape index (κ1) is 21.1. The summed E-state index contributed by atoms with van der Waals surface area (Å²) in [6.45, 7) is 1.50. The third-order valence-electron chi connectivity index (χ3n) is 7.21. The molecule has 3 aromatic carbocycles. The van der Waals surface area contributed by atoms with Gasteiger partial charge in [0.2, 0.25) is 0 Å². The lowest BCUT2D eigenvalue weighted by Gasteiger charge is -2.36. The minimum atomic E-state index is -0.783. The highest BCUT2D eigenvalue weighted by Crippen LogP contribution is 2.54. The van der Waals surface area contributed by atoms with Crippen molar-refractivity contribution < 1.29 is 23.1 Å². The molecule has 1 aliphatic heterocycles. The lowest BCUT2D eigenvalue weighted by molar-refractivity contribution is -0.147. The molecule has 6 heteroatoms. The van der Waals surface area contributed by atoms with Crippen LogP contribution >= 0.6 is 0 Å². The van der Waals surface area contributed by atoms with Gasteiger partial charge in [0.1, 0.15) is 23.0 Å². The highest BCUT2D eigenvalue weighted by atomic mass is 19.1. The highest BCUT2D eigenvalue weighted by Gasteiger charge is 2.46. The molecule has 1 aliphatic carbocycles. The summed E-state index contributed by atoms with van der Waals surface area (Å²) in [5.74, 6) is -1.26. The Morgan fingerprint density at radius 2 is 1.79 bits per heavy atom. The Labute approximate surface area is 195 Å². The van der Waals surface area contributed by atoms with Crippen molar-refractivity contribution in [3.05, 3.63) is 95.1 Å². The van der Waals surface area contributed by atoms with Crippen LogP contribution in [0.15, 0.2) is 71.1 Å². The van der Waals surface area contributed by atoms with E-state index in [-0.39, 0.29) is 23.0 Å². The summed E-state index contributed by atoms with van der Waals surface area (Å²) in [6, 6.07) is 19.7. The van der Waals surface area contributed by atoms with Crippen LogP contribution in [0.3, 0.4) is 0 Å². The van der Waals surface area contributed by atoms with E-state index in [2.05, 4.69) is 6.07 Å². The van der Waals surface area contributed by atoms with Gasteiger partial charge >= 0.3 is 5.97 Å². The van der Waals surface area contributed by atoms with E-state index in [1.54, 1.807) is 18.2 Å². The largest absolute Gasteiger partial charge is 0.481 e. The van der Waals surface area contributed by atoms with Crippen molar-refractivity contribution >= 4 is 16.9 Å². The van der Waals surface area contributed by atoms with Crippen molar-refractivity contribution in [2.45, 2.75) is 24.8 Å². The lowest BCUT2D eigenvalue weighted by Crippen LogP contribution is -2.49. The van der Waals surface area contributed by atoms with Crippen LogP contribution in [0.2, 0.25) is 0 Å². The lowest BCUT2D eigenvalue weighted by atomic mass is 9.87. The number of rotatable bonds is 6. The van der Waals surface area contributed by atoms with Crippen molar-refractivity contribution in [1.82, 2.24) is 4.90 Å². The molecular weight excluding hydrogens is 436 g/mol. The predicted octanol–water partition coefficient (Wildman–Crippen LogP) is 5.97. The summed E-state index contributed by atoms with van der Waals surface area (Å²) in [5, 5.41) is 9.89. The second-order valence-corrected chi connectivity index (χ2v) is 9.50. The van der Waals surface area contributed by atoms with E-state index < -0.39 is 5.97 Å². The molecule has 6 rings (SSSR count). The number of aliphatic carboxylic acids is 1. The maximum atomic E-state index is 15.0. The quantitative estimate of drug-likeness (QED) is 0.386. The number of furan rings is 1. The first-order chi connectivity index (χ1) is 16.4. The molecule has 34 heavy (non-hydrogen) atoms. The second kappa shape index (κ2) is 7.77. The molecule has 0 atom stereocenters. The van der Waals surface area contributed by atoms with E-state index in [0.29, 0.717) is 36.5 Å². The summed E-state index contributed by atoms with van der Waals surface area (Å²) in [7, 11) is 0. The minimum absolute atomic E-state index is 0.188. The Morgan fingerprint density at radius 1 is 1.00 bits per heavy atom. The summed E-state index contributed by atoms with van der Waals surface area (Å²) < 4.78 is 34.8. The van der Waals surface area contributed by atoms with Crippen LogP contribution in [0.25, 0.3) is 22.3 Å². The average molecular weight is 459 g/mol. The molecule has 1 saturated heterocycles. The zero-order chi connectivity index (χ0) is 23.4. The normalized spacial score (nSPS) is 17.6. The summed E-state index contributed by atoms with van der Waals surface area (Å²) in [5.41, 5.74) is 3.73. The number of carboxylic acid groups (broad SMARTS) is 1. The fraction of sp³-hybridized carbons (Fsp3) is 0.250. The van der Waals surface area contributed by atoms with Crippen LogP contribution < -0.4 is 0 Å². The molecule has 2 heterocycles. The summed E-state index contributed by atoms with van der Waals surface area (Å²) >= 11 is 0. The van der Waals surface area contributed by atoms with Gasteiger partial charge in [-0.3, -0.25) is 9.69 Å². The number of nitrogens with zero attached hydrogens (tertiary/aromatic N) is 1. The number of hydrogen-bond acceptors (Lipinski definition) is 3. The van der Waals surface area contributed by atoms with Crippen LogP contribution in [-0.2, 0) is 16.8 Å². The third kappa shape index (κ3) is 3.59. The number of hydrogen-bond donors (Lipinski definition) is 1. The number of carbonyl (C=O) groups is 1. The van der Waals surface area contributed by atoms with Crippen LogP contribution in [0, 0.1) is 17.6 Å². The molecule has 4 aromatic rings. The maximum absolute atomic E-state index is 15.0. The smallest absolute Gasteiger partial charge is 0.309 e. The maximum Gasteiger partial charge on any atom is 0.309 e. The number of halogens is 2. The Morgan fingerprint density at radius 3 is 2.50 bits per heavy atom. The first-order valence-electron chi connectivity index (χ1n) is 11.5. The SMILES string of the molecule is O=C(O)C1CN(Cc2ccc(-c3cc4ccc(C5(c6cccc(F)c6)CC5)cc4o3)c(F)c2)C1. The van der Waals surface area contributed by atoms with Gasteiger partial charge in [0.05, 0.1) is 11.5 Å². The van der Waals surface area contributed by atoms with Gasteiger partial charge in [-0.05, 0) is 65.9 Å². The van der Waals surface area contributed by atoms with E-state index in [1.165, 1.54) is 12.1 Å².